The van der Waals surface area contributed by atoms with Crippen LogP contribution >= 0.6 is 0 Å². The third-order valence-corrected chi connectivity index (χ3v) is 2.81. The molecule has 0 aliphatic rings. The van der Waals surface area contributed by atoms with Crippen LogP contribution in [0.1, 0.15) is 21.5 Å². The molecule has 2 aromatic rings. The number of carboxylic acid groups (broad SMARTS) is 1. The van der Waals surface area contributed by atoms with Gasteiger partial charge in [-0.15, -0.1) is 0 Å². The second kappa shape index (κ2) is 11.8. The van der Waals surface area contributed by atoms with Gasteiger partial charge < -0.3 is 26.3 Å². The third kappa shape index (κ3) is 6.49. The van der Waals surface area contributed by atoms with Crippen molar-refractivity contribution in [3.8, 4) is 0 Å². The molecular formula is C15H17N2NaO5. The molecule has 0 heterocycles. The molecule has 2 aromatic carbocycles. The summed E-state index contributed by atoms with van der Waals surface area (Å²) < 4.78 is 0. The van der Waals surface area contributed by atoms with E-state index in [1.54, 1.807) is 42.5 Å². The van der Waals surface area contributed by atoms with Crippen LogP contribution in [0.2, 0.25) is 0 Å². The van der Waals surface area contributed by atoms with E-state index in [9.17, 15) is 14.7 Å². The monoisotopic (exact) mass is 328 g/mol. The average Bonchev–Trinajstić information content (AvgIpc) is 2.51. The standard InChI is InChI=1S/C15H13NO3.H3NO.Na.H2O/c16-14-11(9-13(17)18)7-4-8-12(14)15(19)10-5-2-1-3-6-10;1-2;;/h1-8H,9,16H2,(H,17,18);2H,1H2;;1H2/q;;+1;/p-1. The predicted molar refractivity (Wildman–Crippen MR) is 79.0 cm³/mol. The molecule has 0 saturated heterocycles. The Kier molecular flexibility index (Phi) is 12.0. The number of nitrogens with two attached hydrogens (primary N) is 2. The normalized spacial score (nSPS) is 8.61. The molecule has 2 rings (SSSR count). The summed E-state index contributed by atoms with van der Waals surface area (Å²) >= 11 is 0. The van der Waals surface area contributed by atoms with Gasteiger partial charge in [-0.3, -0.25) is 4.79 Å². The predicted octanol–water partition coefficient (Wildman–Crippen LogP) is -3.69. The van der Waals surface area contributed by atoms with Crippen LogP contribution in [0, 0.1) is 0 Å². The largest absolute Gasteiger partial charge is 1.00 e. The number of rotatable bonds is 4. The number of nitrogen functional groups attached to an aromatic ring is 1. The van der Waals surface area contributed by atoms with Crippen molar-refractivity contribution in [1.29, 1.82) is 0 Å². The van der Waals surface area contributed by atoms with E-state index < -0.39 is 5.97 Å². The first-order chi connectivity index (χ1) is 10.1. The molecule has 7 nitrogen and oxygen atoms in total. The van der Waals surface area contributed by atoms with Gasteiger partial charge in [0.05, 0.1) is 0 Å². The van der Waals surface area contributed by atoms with Crippen LogP contribution in [0.3, 0.4) is 0 Å². The quantitative estimate of drug-likeness (QED) is 0.226. The summed E-state index contributed by atoms with van der Waals surface area (Å²) in [6.07, 6.45) is -0.304. The molecule has 0 spiro atoms. The summed E-state index contributed by atoms with van der Waals surface area (Å²) in [5.41, 5.74) is 7.27. The molecule has 0 aliphatic heterocycles. The van der Waals surface area contributed by atoms with Crippen LogP contribution in [0.15, 0.2) is 48.5 Å². The molecule has 0 amide bonds. The smallest absolute Gasteiger partial charge is 0.550 e. The van der Waals surface area contributed by atoms with Crippen molar-refractivity contribution >= 4 is 17.4 Å². The number of ketones is 1. The van der Waals surface area contributed by atoms with Gasteiger partial charge in [-0.2, -0.15) is 0 Å². The molecule has 0 aromatic heterocycles. The number of hydrogen-bond acceptors (Lipinski definition) is 6. The third-order valence-electron chi connectivity index (χ3n) is 2.81. The Morgan fingerprint density at radius 3 is 2.09 bits per heavy atom. The zero-order valence-corrected chi connectivity index (χ0v) is 14.7. The fraction of sp³-hybridized carbons (Fsp3) is 0.0667. The average molecular weight is 328 g/mol. The van der Waals surface area contributed by atoms with Gasteiger partial charge in [-0.1, -0.05) is 42.5 Å². The second-order valence-corrected chi connectivity index (χ2v) is 4.12. The van der Waals surface area contributed by atoms with Gasteiger partial charge >= 0.3 is 29.6 Å². The molecule has 0 radical (unpaired) electrons. The molecule has 0 aliphatic carbocycles. The van der Waals surface area contributed by atoms with Crippen molar-refractivity contribution in [3.63, 3.8) is 0 Å². The van der Waals surface area contributed by atoms with Crippen LogP contribution in [-0.4, -0.2) is 22.4 Å². The zero-order chi connectivity index (χ0) is 15.8. The summed E-state index contributed by atoms with van der Waals surface area (Å²) in [4.78, 5) is 22.9. The maximum absolute atomic E-state index is 12.3. The Morgan fingerprint density at radius 2 is 1.57 bits per heavy atom. The van der Waals surface area contributed by atoms with Crippen LogP contribution < -0.4 is 46.3 Å². The van der Waals surface area contributed by atoms with Gasteiger partial charge in [0.15, 0.2) is 5.78 Å². The number of anilines is 1. The molecule has 0 fully saturated rings. The van der Waals surface area contributed by atoms with E-state index in [0.717, 1.165) is 0 Å². The molecule has 0 bridgehead atoms. The van der Waals surface area contributed by atoms with Crippen molar-refractivity contribution in [2.24, 2.45) is 5.90 Å². The first-order valence-electron chi connectivity index (χ1n) is 6.02. The second-order valence-electron chi connectivity index (χ2n) is 4.12. The number of carbonyl (C=O) groups is 2. The van der Waals surface area contributed by atoms with E-state index in [-0.39, 0.29) is 52.9 Å². The molecule has 118 valence electrons. The molecule has 0 atom stereocenters. The Labute approximate surface area is 155 Å². The van der Waals surface area contributed by atoms with E-state index in [1.165, 1.54) is 0 Å². The summed E-state index contributed by atoms with van der Waals surface area (Å²) in [5.74, 6) is 2.05. The number of carbonyl (C=O) groups excluding carboxylic acids is 2. The number of aliphatic carboxylic acids is 1. The Balaban J connectivity index is 0. The van der Waals surface area contributed by atoms with E-state index >= 15 is 0 Å². The van der Waals surface area contributed by atoms with Crippen LogP contribution in [-0.2, 0) is 11.2 Å². The van der Waals surface area contributed by atoms with Crippen LogP contribution in [0.5, 0.6) is 0 Å². The van der Waals surface area contributed by atoms with Crippen LogP contribution in [0.4, 0.5) is 5.69 Å². The van der Waals surface area contributed by atoms with Gasteiger partial charge in [0.25, 0.3) is 0 Å². The zero-order valence-electron chi connectivity index (χ0n) is 12.7. The van der Waals surface area contributed by atoms with E-state index in [0.29, 0.717) is 16.7 Å². The summed E-state index contributed by atoms with van der Waals surface area (Å²) in [7, 11) is 0. The van der Waals surface area contributed by atoms with E-state index in [4.69, 9.17) is 10.9 Å². The first-order valence-corrected chi connectivity index (χ1v) is 6.02. The summed E-state index contributed by atoms with van der Waals surface area (Å²) in [5, 5.41) is 17.1. The maximum atomic E-state index is 12.3. The van der Waals surface area contributed by atoms with Crippen molar-refractivity contribution in [2.45, 2.75) is 6.42 Å². The Bertz CT molecular complexity index is 635. The van der Waals surface area contributed by atoms with Gasteiger partial charge in [-0.25, -0.2) is 5.90 Å². The Morgan fingerprint density at radius 1 is 1.00 bits per heavy atom. The topological polar surface area (TPSA) is 161 Å². The molecule has 23 heavy (non-hydrogen) atoms. The number of para-hydroxylation sites is 1. The number of benzene rings is 2. The minimum absolute atomic E-state index is 0. The van der Waals surface area contributed by atoms with E-state index in [2.05, 4.69) is 5.90 Å². The maximum Gasteiger partial charge on any atom is 1.00 e. The molecule has 8 heteroatoms. The summed E-state index contributed by atoms with van der Waals surface area (Å²) in [6.45, 7) is 0. The summed E-state index contributed by atoms with van der Waals surface area (Å²) in [6, 6.07) is 13.5. The first kappa shape index (κ1) is 23.5. The molecule has 0 unspecified atom stereocenters. The molecule has 7 N–H and O–H groups in total. The van der Waals surface area contributed by atoms with Crippen molar-refractivity contribution in [2.75, 3.05) is 5.73 Å². The molecule has 0 saturated carbocycles. The van der Waals surface area contributed by atoms with Crippen LogP contribution in [0.25, 0.3) is 0 Å². The van der Waals surface area contributed by atoms with Gasteiger partial charge in [0.1, 0.15) is 0 Å². The SMILES string of the molecule is NO.Nc1c(CC(=O)[O-])cccc1C(=O)c1ccccc1.O.[Na+]. The van der Waals surface area contributed by atoms with Crippen molar-refractivity contribution in [3.05, 3.63) is 65.2 Å². The molecular weight excluding hydrogens is 311 g/mol. The Hall–Kier alpha value is -1.74. The number of hydrogen-bond donors (Lipinski definition) is 3. The van der Waals surface area contributed by atoms with Crippen molar-refractivity contribution in [1.82, 2.24) is 0 Å². The minimum atomic E-state index is -1.23. The minimum Gasteiger partial charge on any atom is -0.550 e. The van der Waals surface area contributed by atoms with E-state index in [1.807, 2.05) is 6.07 Å². The van der Waals surface area contributed by atoms with Crippen molar-refractivity contribution < 1.29 is 54.9 Å². The van der Waals surface area contributed by atoms with Gasteiger partial charge in [0.2, 0.25) is 0 Å². The van der Waals surface area contributed by atoms with Gasteiger partial charge in [0, 0.05) is 29.2 Å². The number of carboxylic acids is 1. The fourth-order valence-electron chi connectivity index (χ4n) is 1.87. The fourth-order valence-corrected chi connectivity index (χ4v) is 1.87. The van der Waals surface area contributed by atoms with Gasteiger partial charge in [-0.05, 0) is 11.6 Å².